The van der Waals surface area contributed by atoms with Gasteiger partial charge in [0.25, 0.3) is 0 Å². The zero-order chi connectivity index (χ0) is 13.7. The molecule has 0 fully saturated rings. The Bertz CT molecular complexity index is 375. The lowest BCUT2D eigenvalue weighted by atomic mass is 9.90. The van der Waals surface area contributed by atoms with E-state index in [0.29, 0.717) is 11.4 Å². The molecule has 0 spiro atoms. The summed E-state index contributed by atoms with van der Waals surface area (Å²) in [6, 6.07) is 5.77. The molecule has 1 aromatic rings. The number of hydrogen-bond acceptors (Lipinski definition) is 2. The molecular formula is C15H23ClO2. The second-order valence-corrected chi connectivity index (χ2v) is 5.34. The van der Waals surface area contributed by atoms with E-state index in [4.69, 9.17) is 11.6 Å². The molecule has 2 nitrogen and oxygen atoms in total. The van der Waals surface area contributed by atoms with Crippen molar-refractivity contribution < 1.29 is 10.2 Å². The van der Waals surface area contributed by atoms with Gasteiger partial charge in [0.05, 0.1) is 12.2 Å². The van der Waals surface area contributed by atoms with Gasteiger partial charge in [-0.1, -0.05) is 50.4 Å². The highest BCUT2D eigenvalue weighted by atomic mass is 35.5. The van der Waals surface area contributed by atoms with E-state index >= 15 is 0 Å². The van der Waals surface area contributed by atoms with Crippen molar-refractivity contribution in [3.8, 4) is 0 Å². The standard InChI is InChI=1S/C15H23ClO2/c1-4-11(5-2)15(18)14(17)9-12-7-6-10(3)8-13(12)16/h6-8,11,14-15,17-18H,4-5,9H2,1-3H3. The molecule has 0 saturated heterocycles. The Morgan fingerprint density at radius 1 is 1.17 bits per heavy atom. The van der Waals surface area contributed by atoms with E-state index in [2.05, 4.69) is 0 Å². The smallest absolute Gasteiger partial charge is 0.0842 e. The van der Waals surface area contributed by atoms with Crippen LogP contribution in [-0.2, 0) is 6.42 Å². The van der Waals surface area contributed by atoms with E-state index in [0.717, 1.165) is 24.0 Å². The van der Waals surface area contributed by atoms with Crippen LogP contribution in [-0.4, -0.2) is 22.4 Å². The quantitative estimate of drug-likeness (QED) is 0.832. The monoisotopic (exact) mass is 270 g/mol. The summed E-state index contributed by atoms with van der Waals surface area (Å²) in [5.74, 6) is 0.143. The number of aryl methyl sites for hydroxylation is 1. The third kappa shape index (κ3) is 3.98. The number of halogens is 1. The van der Waals surface area contributed by atoms with Crippen LogP contribution in [0.25, 0.3) is 0 Å². The summed E-state index contributed by atoms with van der Waals surface area (Å²) in [5.41, 5.74) is 1.98. The van der Waals surface area contributed by atoms with Crippen LogP contribution < -0.4 is 0 Å². The minimum Gasteiger partial charge on any atom is -0.390 e. The van der Waals surface area contributed by atoms with Gasteiger partial charge in [-0.15, -0.1) is 0 Å². The van der Waals surface area contributed by atoms with Gasteiger partial charge in [0.1, 0.15) is 0 Å². The largest absolute Gasteiger partial charge is 0.390 e. The summed E-state index contributed by atoms with van der Waals surface area (Å²) in [5, 5.41) is 20.8. The average Bonchev–Trinajstić information content (AvgIpc) is 2.34. The van der Waals surface area contributed by atoms with Crippen LogP contribution >= 0.6 is 11.6 Å². The third-order valence-corrected chi connectivity index (χ3v) is 3.92. The molecule has 0 aliphatic rings. The van der Waals surface area contributed by atoms with Crippen molar-refractivity contribution >= 4 is 11.6 Å². The first-order valence-corrected chi connectivity index (χ1v) is 6.98. The molecule has 0 amide bonds. The molecule has 0 heterocycles. The molecule has 2 N–H and O–H groups in total. The summed E-state index contributed by atoms with van der Waals surface area (Å²) < 4.78 is 0. The molecule has 0 radical (unpaired) electrons. The summed E-state index contributed by atoms with van der Waals surface area (Å²) >= 11 is 6.13. The first kappa shape index (κ1) is 15.5. The maximum atomic E-state index is 10.1. The van der Waals surface area contributed by atoms with Gasteiger partial charge in [-0.25, -0.2) is 0 Å². The molecule has 0 bridgehead atoms. The molecule has 0 aromatic heterocycles. The number of aliphatic hydroxyl groups is 2. The van der Waals surface area contributed by atoms with Gasteiger partial charge in [0.2, 0.25) is 0 Å². The predicted octanol–water partition coefficient (Wildman–Crippen LogP) is 3.35. The fourth-order valence-electron chi connectivity index (χ4n) is 2.25. The van der Waals surface area contributed by atoms with Crippen LogP contribution in [0.4, 0.5) is 0 Å². The average molecular weight is 271 g/mol. The van der Waals surface area contributed by atoms with Gasteiger partial charge in [0, 0.05) is 11.4 Å². The minimum atomic E-state index is -0.755. The third-order valence-electron chi connectivity index (χ3n) is 3.56. The molecule has 1 aromatic carbocycles. The topological polar surface area (TPSA) is 40.5 Å². The maximum absolute atomic E-state index is 10.1. The van der Waals surface area contributed by atoms with E-state index in [9.17, 15) is 10.2 Å². The Kier molecular flexibility index (Phi) is 6.13. The van der Waals surface area contributed by atoms with Crippen LogP contribution in [0.5, 0.6) is 0 Å². The molecule has 1 rings (SSSR count). The molecule has 102 valence electrons. The first-order valence-electron chi connectivity index (χ1n) is 6.60. The molecule has 2 atom stereocenters. The van der Waals surface area contributed by atoms with E-state index in [1.54, 1.807) is 0 Å². The normalized spacial score (nSPS) is 14.8. The van der Waals surface area contributed by atoms with Crippen molar-refractivity contribution in [2.24, 2.45) is 5.92 Å². The molecule has 0 aliphatic carbocycles. The van der Waals surface area contributed by atoms with Gasteiger partial charge in [0.15, 0.2) is 0 Å². The summed E-state index contributed by atoms with van der Waals surface area (Å²) in [6.45, 7) is 6.04. The van der Waals surface area contributed by atoms with Crippen LogP contribution in [0.2, 0.25) is 5.02 Å². The van der Waals surface area contributed by atoms with Crippen LogP contribution in [0.3, 0.4) is 0 Å². The second kappa shape index (κ2) is 7.13. The van der Waals surface area contributed by atoms with Gasteiger partial charge in [-0.3, -0.25) is 0 Å². The zero-order valence-corrected chi connectivity index (χ0v) is 12.1. The van der Waals surface area contributed by atoms with Crippen molar-refractivity contribution in [2.75, 3.05) is 0 Å². The Hall–Kier alpha value is -0.570. The SMILES string of the molecule is CCC(CC)C(O)C(O)Cc1ccc(C)cc1Cl. The number of hydrogen-bond donors (Lipinski definition) is 2. The summed E-state index contributed by atoms with van der Waals surface area (Å²) in [4.78, 5) is 0. The van der Waals surface area contributed by atoms with Gasteiger partial charge in [-0.2, -0.15) is 0 Å². The van der Waals surface area contributed by atoms with Crippen LogP contribution in [0.1, 0.15) is 37.8 Å². The van der Waals surface area contributed by atoms with Gasteiger partial charge >= 0.3 is 0 Å². The van der Waals surface area contributed by atoms with Gasteiger partial charge < -0.3 is 10.2 Å². The summed E-state index contributed by atoms with van der Waals surface area (Å²) in [7, 11) is 0. The molecule has 3 heteroatoms. The van der Waals surface area contributed by atoms with Crippen LogP contribution in [0, 0.1) is 12.8 Å². The molecule has 0 aliphatic heterocycles. The van der Waals surface area contributed by atoms with E-state index < -0.39 is 12.2 Å². The lowest BCUT2D eigenvalue weighted by Gasteiger charge is -2.25. The minimum absolute atomic E-state index is 0.143. The van der Waals surface area contributed by atoms with Crippen molar-refractivity contribution in [2.45, 2.75) is 52.2 Å². The highest BCUT2D eigenvalue weighted by Gasteiger charge is 2.24. The highest BCUT2D eigenvalue weighted by molar-refractivity contribution is 6.31. The van der Waals surface area contributed by atoms with E-state index in [1.165, 1.54) is 0 Å². The lowest BCUT2D eigenvalue weighted by molar-refractivity contribution is -0.0187. The molecule has 18 heavy (non-hydrogen) atoms. The Morgan fingerprint density at radius 2 is 1.78 bits per heavy atom. The molecule has 0 saturated carbocycles. The van der Waals surface area contributed by atoms with Crippen molar-refractivity contribution in [3.05, 3.63) is 34.3 Å². The fraction of sp³-hybridized carbons (Fsp3) is 0.600. The molecule has 2 unspecified atom stereocenters. The number of aliphatic hydroxyl groups excluding tert-OH is 2. The number of benzene rings is 1. The highest BCUT2D eigenvalue weighted by Crippen LogP contribution is 2.23. The Morgan fingerprint density at radius 3 is 2.28 bits per heavy atom. The molecular weight excluding hydrogens is 248 g/mol. The first-order chi connectivity index (χ1) is 8.49. The number of rotatable bonds is 6. The van der Waals surface area contributed by atoms with Crippen molar-refractivity contribution in [1.82, 2.24) is 0 Å². The lowest BCUT2D eigenvalue weighted by Crippen LogP contribution is -2.34. The Labute approximate surface area is 115 Å². The second-order valence-electron chi connectivity index (χ2n) is 4.93. The van der Waals surface area contributed by atoms with Crippen molar-refractivity contribution in [3.63, 3.8) is 0 Å². The summed E-state index contributed by atoms with van der Waals surface area (Å²) in [6.07, 6.45) is 0.705. The zero-order valence-electron chi connectivity index (χ0n) is 11.4. The Balaban J connectivity index is 2.71. The van der Waals surface area contributed by atoms with Gasteiger partial charge in [-0.05, 0) is 30.0 Å². The van der Waals surface area contributed by atoms with E-state index in [-0.39, 0.29) is 5.92 Å². The van der Waals surface area contributed by atoms with E-state index in [1.807, 2.05) is 39.0 Å². The fourth-order valence-corrected chi connectivity index (χ4v) is 2.56. The predicted molar refractivity (Wildman–Crippen MR) is 76.0 cm³/mol. The maximum Gasteiger partial charge on any atom is 0.0842 e. The van der Waals surface area contributed by atoms with Crippen LogP contribution in [0.15, 0.2) is 18.2 Å². The van der Waals surface area contributed by atoms with Crippen molar-refractivity contribution in [1.29, 1.82) is 0 Å².